The molecule has 108 valence electrons. The zero-order valence-electron chi connectivity index (χ0n) is 11.6. The van der Waals surface area contributed by atoms with Gasteiger partial charge in [-0.2, -0.15) is 0 Å². The highest BCUT2D eigenvalue weighted by Crippen LogP contribution is 2.66. The van der Waals surface area contributed by atoms with Crippen molar-refractivity contribution in [2.24, 2.45) is 34.3 Å². The zero-order chi connectivity index (χ0) is 13.3. The van der Waals surface area contributed by atoms with Crippen LogP contribution in [0.4, 0.5) is 8.78 Å². The number of halogens is 2. The van der Waals surface area contributed by atoms with E-state index in [9.17, 15) is 8.78 Å². The van der Waals surface area contributed by atoms with Crippen molar-refractivity contribution in [3.05, 3.63) is 0 Å². The van der Waals surface area contributed by atoms with Crippen LogP contribution in [0.3, 0.4) is 0 Å². The molecule has 4 bridgehead atoms. The number of rotatable bonds is 3. The molecular weight excluding hydrogens is 244 g/mol. The first-order valence-corrected chi connectivity index (χ1v) is 8.00. The molecule has 0 aromatic carbocycles. The van der Waals surface area contributed by atoms with Gasteiger partial charge in [0.05, 0.1) is 0 Å². The molecule has 0 saturated heterocycles. The van der Waals surface area contributed by atoms with E-state index in [1.165, 1.54) is 38.5 Å². The summed E-state index contributed by atoms with van der Waals surface area (Å²) in [5, 5.41) is 0. The SMILES string of the molecule is NCC1(CC23CC4CC(CC(C4)C2)C3)CC(F)(F)C1. The Morgan fingerprint density at radius 1 is 0.895 bits per heavy atom. The second kappa shape index (κ2) is 3.72. The van der Waals surface area contributed by atoms with Crippen molar-refractivity contribution in [1.29, 1.82) is 0 Å². The molecule has 0 spiro atoms. The molecule has 0 aromatic heterocycles. The maximum absolute atomic E-state index is 13.3. The lowest BCUT2D eigenvalue weighted by molar-refractivity contribution is -0.185. The van der Waals surface area contributed by atoms with E-state index >= 15 is 0 Å². The third kappa shape index (κ3) is 1.95. The van der Waals surface area contributed by atoms with Gasteiger partial charge in [-0.1, -0.05) is 0 Å². The van der Waals surface area contributed by atoms with Gasteiger partial charge in [-0.3, -0.25) is 0 Å². The van der Waals surface area contributed by atoms with Gasteiger partial charge < -0.3 is 5.73 Å². The van der Waals surface area contributed by atoms with Crippen molar-refractivity contribution in [2.75, 3.05) is 6.54 Å². The Morgan fingerprint density at radius 2 is 1.37 bits per heavy atom. The topological polar surface area (TPSA) is 26.0 Å². The van der Waals surface area contributed by atoms with E-state index in [-0.39, 0.29) is 18.3 Å². The molecule has 3 heteroatoms. The Morgan fingerprint density at radius 3 is 1.74 bits per heavy atom. The Labute approximate surface area is 114 Å². The van der Waals surface area contributed by atoms with Crippen LogP contribution in [-0.2, 0) is 0 Å². The minimum Gasteiger partial charge on any atom is -0.330 e. The van der Waals surface area contributed by atoms with Gasteiger partial charge in [-0.15, -0.1) is 0 Å². The molecule has 2 N–H and O–H groups in total. The predicted molar refractivity (Wildman–Crippen MR) is 70.9 cm³/mol. The number of hydrogen-bond donors (Lipinski definition) is 1. The molecule has 5 saturated carbocycles. The fourth-order valence-corrected chi connectivity index (χ4v) is 6.69. The first-order valence-electron chi connectivity index (χ1n) is 8.00. The monoisotopic (exact) mass is 269 g/mol. The summed E-state index contributed by atoms with van der Waals surface area (Å²) in [5.41, 5.74) is 6.05. The van der Waals surface area contributed by atoms with Gasteiger partial charge in [-0.25, -0.2) is 8.78 Å². The summed E-state index contributed by atoms with van der Waals surface area (Å²) in [6.45, 7) is 0.463. The van der Waals surface area contributed by atoms with Crippen LogP contribution in [0.25, 0.3) is 0 Å². The molecule has 0 unspecified atom stereocenters. The summed E-state index contributed by atoms with van der Waals surface area (Å²) >= 11 is 0. The maximum Gasteiger partial charge on any atom is 0.249 e. The molecule has 5 rings (SSSR count). The van der Waals surface area contributed by atoms with Crippen LogP contribution in [0, 0.1) is 28.6 Å². The number of alkyl halides is 2. The quantitative estimate of drug-likeness (QED) is 0.824. The van der Waals surface area contributed by atoms with Crippen molar-refractivity contribution < 1.29 is 8.78 Å². The molecule has 5 fully saturated rings. The summed E-state index contributed by atoms with van der Waals surface area (Å²) in [4.78, 5) is 0. The van der Waals surface area contributed by atoms with E-state index in [1.807, 2.05) is 0 Å². The van der Waals surface area contributed by atoms with Crippen LogP contribution < -0.4 is 5.73 Å². The normalized spacial score (nSPS) is 49.1. The van der Waals surface area contributed by atoms with Crippen molar-refractivity contribution in [3.63, 3.8) is 0 Å². The van der Waals surface area contributed by atoms with Crippen LogP contribution >= 0.6 is 0 Å². The van der Waals surface area contributed by atoms with Gasteiger partial charge >= 0.3 is 0 Å². The van der Waals surface area contributed by atoms with E-state index in [4.69, 9.17) is 5.73 Å². The number of nitrogens with two attached hydrogens (primary N) is 1. The van der Waals surface area contributed by atoms with E-state index in [0.717, 1.165) is 24.2 Å². The van der Waals surface area contributed by atoms with Gasteiger partial charge in [0, 0.05) is 12.8 Å². The molecule has 0 heterocycles. The molecule has 5 aliphatic carbocycles. The summed E-state index contributed by atoms with van der Waals surface area (Å²) in [7, 11) is 0. The van der Waals surface area contributed by atoms with Crippen LogP contribution in [0.2, 0.25) is 0 Å². The highest BCUT2D eigenvalue weighted by molar-refractivity contribution is 5.08. The van der Waals surface area contributed by atoms with E-state index in [0.29, 0.717) is 12.0 Å². The lowest BCUT2D eigenvalue weighted by Crippen LogP contribution is -2.56. The zero-order valence-corrected chi connectivity index (χ0v) is 11.6. The van der Waals surface area contributed by atoms with Crippen LogP contribution in [0.15, 0.2) is 0 Å². The molecule has 0 atom stereocenters. The Bertz CT molecular complexity index is 347. The average molecular weight is 269 g/mol. The third-order valence-corrected chi connectivity index (χ3v) is 6.62. The molecule has 5 aliphatic rings. The minimum atomic E-state index is -2.43. The molecular formula is C16H25F2N. The first-order chi connectivity index (χ1) is 8.92. The van der Waals surface area contributed by atoms with E-state index in [1.54, 1.807) is 0 Å². The highest BCUT2D eigenvalue weighted by atomic mass is 19.3. The highest BCUT2D eigenvalue weighted by Gasteiger charge is 2.60. The summed E-state index contributed by atoms with van der Waals surface area (Å²) in [6, 6.07) is 0. The fraction of sp³-hybridized carbons (Fsp3) is 1.00. The lowest BCUT2D eigenvalue weighted by atomic mass is 9.45. The Hall–Kier alpha value is -0.180. The van der Waals surface area contributed by atoms with Gasteiger partial charge in [0.1, 0.15) is 0 Å². The molecule has 0 radical (unpaired) electrons. The number of hydrogen-bond acceptors (Lipinski definition) is 1. The molecule has 0 aliphatic heterocycles. The third-order valence-electron chi connectivity index (χ3n) is 6.62. The van der Waals surface area contributed by atoms with Crippen molar-refractivity contribution >= 4 is 0 Å². The van der Waals surface area contributed by atoms with Crippen molar-refractivity contribution in [2.45, 2.75) is 63.7 Å². The first kappa shape index (κ1) is 12.6. The summed E-state index contributed by atoms with van der Waals surface area (Å²) in [5.74, 6) is 0.284. The van der Waals surface area contributed by atoms with Gasteiger partial charge in [0.15, 0.2) is 0 Å². The van der Waals surface area contributed by atoms with Crippen LogP contribution in [0.5, 0.6) is 0 Å². The maximum atomic E-state index is 13.3. The van der Waals surface area contributed by atoms with Crippen LogP contribution in [-0.4, -0.2) is 12.5 Å². The van der Waals surface area contributed by atoms with E-state index in [2.05, 4.69) is 0 Å². The average Bonchev–Trinajstić information content (AvgIpc) is 2.23. The Balaban J connectivity index is 1.53. The lowest BCUT2D eigenvalue weighted by Gasteiger charge is -2.61. The second-order valence-electron chi connectivity index (χ2n) is 8.51. The summed E-state index contributed by atoms with van der Waals surface area (Å²) < 4.78 is 26.6. The van der Waals surface area contributed by atoms with Crippen molar-refractivity contribution in [1.82, 2.24) is 0 Å². The van der Waals surface area contributed by atoms with Gasteiger partial charge in [0.2, 0.25) is 5.92 Å². The largest absolute Gasteiger partial charge is 0.330 e. The standard InChI is InChI=1S/C16H25F2N/c17-16(18)8-15(9-16,10-19)7-14-4-11-1-12(5-14)3-13(2-11)6-14/h11-13H,1-10,19H2. The molecule has 1 nitrogen and oxygen atoms in total. The van der Waals surface area contributed by atoms with Gasteiger partial charge in [0.25, 0.3) is 0 Å². The fourth-order valence-electron chi connectivity index (χ4n) is 6.69. The summed E-state index contributed by atoms with van der Waals surface area (Å²) in [6.07, 6.45) is 9.30. The minimum absolute atomic E-state index is 0.0538. The second-order valence-corrected chi connectivity index (χ2v) is 8.51. The van der Waals surface area contributed by atoms with Crippen molar-refractivity contribution in [3.8, 4) is 0 Å². The molecule has 0 aromatic rings. The van der Waals surface area contributed by atoms with E-state index < -0.39 is 5.92 Å². The van der Waals surface area contributed by atoms with Crippen LogP contribution in [0.1, 0.15) is 57.8 Å². The van der Waals surface area contributed by atoms with Gasteiger partial charge in [-0.05, 0) is 80.1 Å². The molecule has 19 heavy (non-hydrogen) atoms. The smallest absolute Gasteiger partial charge is 0.249 e. The Kier molecular flexibility index (Phi) is 2.46. The predicted octanol–water partition coefficient (Wildman–Crippen LogP) is 3.97. The molecule has 0 amide bonds.